The van der Waals surface area contributed by atoms with Crippen LogP contribution in [0.4, 0.5) is 0 Å². The predicted molar refractivity (Wildman–Crippen MR) is 337 cm³/mol. The zero-order valence-corrected chi connectivity index (χ0v) is 56.0. The number of methoxy groups -OCH3 is 2. The van der Waals surface area contributed by atoms with Crippen molar-refractivity contribution in [1.29, 1.82) is 0 Å². The maximum absolute atomic E-state index is 17.9. The number of hydrogen-bond donors (Lipinski definition) is 8. The van der Waals surface area contributed by atoms with E-state index in [2.05, 4.69) is 10.2 Å². The molecule has 6 aliphatic carbocycles. The number of aromatic hydroxyl groups is 4. The van der Waals surface area contributed by atoms with Crippen LogP contribution < -0.4 is 0 Å². The monoisotopic (exact) mass is 1370 g/mol. The van der Waals surface area contributed by atoms with Gasteiger partial charge in [0.1, 0.15) is 58.6 Å². The van der Waals surface area contributed by atoms with E-state index in [4.69, 9.17) is 47.4 Å². The minimum absolute atomic E-state index is 0.341. The van der Waals surface area contributed by atoms with E-state index in [1.807, 2.05) is 0 Å². The van der Waals surface area contributed by atoms with Gasteiger partial charge in [-0.2, -0.15) is 0 Å². The van der Waals surface area contributed by atoms with E-state index >= 15 is 9.59 Å². The van der Waals surface area contributed by atoms with E-state index in [1.165, 1.54) is 41.9 Å². The lowest BCUT2D eigenvalue weighted by Gasteiger charge is -2.59. The molecule has 0 spiro atoms. The molecule has 24 unspecified atom stereocenters. The topological polar surface area (TPSA) is 432 Å². The van der Waals surface area contributed by atoms with Gasteiger partial charge in [-0.05, 0) is 93.0 Å². The number of allylic oxidation sites excluding steroid dienone is 6. The standard InChI is InChI=1S/C68H82N6O24/c1-13-67(97-37-21-33(89-11)57(81)25(5)93-37)51(63(87)45-43-47(61(85)41-29(77)17-15-27(75)39(41)59(43)83)53(71-69)49(45)65(67)95-35-19-31(79)55(73(7)8)23(3)91-35)52-64(88)46-44-48(62(86)42-30(78)18-16-28(76)40(42)60(44)84)54(72-70)50(46)66(96-36-20-32(80)56(74(9)10)24(4)92-36)68(52,14-2)98-38-22-34(90-12)58(82)26(6)94-38/h15-18,23-26,31-38,51-58,65-66,79-86H,13-14,19-22H2,1-12H3/q-2. The van der Waals surface area contributed by atoms with Gasteiger partial charge in [-0.25, -0.2) is 0 Å². The summed E-state index contributed by atoms with van der Waals surface area (Å²) in [6.07, 6.45) is -20.9. The number of hydrogen-bond acceptors (Lipinski definition) is 28. The van der Waals surface area contributed by atoms with Crippen LogP contribution in [0.25, 0.3) is 22.2 Å². The number of carbonyl (C=O) groups excluding carboxylic acids is 6. The van der Waals surface area contributed by atoms with E-state index in [0.29, 0.717) is 0 Å². The van der Waals surface area contributed by atoms with Crippen molar-refractivity contribution in [3.05, 3.63) is 91.0 Å². The molecule has 0 amide bonds. The summed E-state index contributed by atoms with van der Waals surface area (Å²) in [7, 11) is 9.50. The van der Waals surface area contributed by atoms with E-state index in [-0.39, 0.29) is 25.7 Å². The third-order valence-electron chi connectivity index (χ3n) is 21.9. The molecule has 4 saturated heterocycles. The fraction of sp³-hybridized carbons (Fsp3) is 0.618. The Morgan fingerprint density at radius 1 is 0.490 bits per heavy atom. The predicted octanol–water partition coefficient (Wildman–Crippen LogP) is 4.11. The van der Waals surface area contributed by atoms with Gasteiger partial charge in [0.15, 0.2) is 59.9 Å². The number of aliphatic hydroxyl groups excluding tert-OH is 4. The SMILES string of the molecule is CCC1(OC2CC(OC)C(O)C(C)O2)C(OC2CC(O)C(N(C)C)C(C)O2)C2=C(C(=O)C1C1C(=O)C3=C(C(N=[N-])c4c(O)c5c(c(O)c43)C(=O)C=CC5=O)C(OC3CC(O)C(N(C)C)C(C)O3)C1(CC)OC1CC(OC)C(O)C(C)O1)c1c(O)c3c(c(O)c1C2N=[N-])C(=O)C=CC3=O. The van der Waals surface area contributed by atoms with Crippen LogP contribution in [-0.4, -0.2) is 249 Å². The molecule has 12 rings (SSSR count). The number of likely N-dealkylation sites (N-methyl/N-ethyl adjacent to an activating group) is 2. The van der Waals surface area contributed by atoms with Gasteiger partial charge in [0.05, 0.1) is 107 Å². The zero-order valence-electron chi connectivity index (χ0n) is 56.0. The molecule has 0 radical (unpaired) electrons. The molecule has 530 valence electrons. The van der Waals surface area contributed by atoms with Gasteiger partial charge in [0.25, 0.3) is 0 Å². The Hall–Kier alpha value is -6.82. The van der Waals surface area contributed by atoms with Crippen molar-refractivity contribution in [3.8, 4) is 23.0 Å². The van der Waals surface area contributed by atoms with E-state index in [0.717, 1.165) is 24.3 Å². The minimum atomic E-state index is -2.64. The number of phenols is 4. The molecule has 30 nitrogen and oxygen atoms in total. The second-order valence-electron chi connectivity index (χ2n) is 27.5. The van der Waals surface area contributed by atoms with Crippen molar-refractivity contribution in [2.24, 2.45) is 22.1 Å². The van der Waals surface area contributed by atoms with Crippen LogP contribution >= 0.6 is 0 Å². The molecule has 0 saturated carbocycles. The first-order valence-corrected chi connectivity index (χ1v) is 32.9. The molecular weight excluding hydrogens is 1280 g/mol. The van der Waals surface area contributed by atoms with Gasteiger partial charge >= 0.3 is 0 Å². The highest BCUT2D eigenvalue weighted by Gasteiger charge is 2.73. The van der Waals surface area contributed by atoms with Crippen LogP contribution in [0, 0.1) is 11.8 Å². The third-order valence-corrected chi connectivity index (χ3v) is 21.9. The van der Waals surface area contributed by atoms with Crippen molar-refractivity contribution >= 4 is 45.8 Å². The molecule has 0 aromatic heterocycles. The third kappa shape index (κ3) is 10.6. The van der Waals surface area contributed by atoms with Gasteiger partial charge in [0.2, 0.25) is 0 Å². The van der Waals surface area contributed by atoms with E-state index in [9.17, 15) is 71.1 Å². The van der Waals surface area contributed by atoms with Crippen molar-refractivity contribution in [3.63, 3.8) is 0 Å². The van der Waals surface area contributed by atoms with Gasteiger partial charge in [-0.3, -0.25) is 28.8 Å². The average Bonchev–Trinajstić information content (AvgIpc) is 1.41. The Balaban J connectivity index is 1.22. The molecule has 8 N–H and O–H groups in total. The molecule has 4 aliphatic heterocycles. The molecule has 98 heavy (non-hydrogen) atoms. The van der Waals surface area contributed by atoms with Crippen molar-refractivity contribution in [2.45, 2.75) is 214 Å². The van der Waals surface area contributed by atoms with Crippen LogP contribution in [0.2, 0.25) is 0 Å². The van der Waals surface area contributed by atoms with Crippen LogP contribution in [0.3, 0.4) is 0 Å². The lowest BCUT2D eigenvalue weighted by atomic mass is 9.54. The molecule has 2 aromatic carbocycles. The molecule has 4 fully saturated rings. The Bertz CT molecular complexity index is 3560. The second-order valence-corrected chi connectivity index (χ2v) is 27.5. The summed E-state index contributed by atoms with van der Waals surface area (Å²) < 4.78 is 67.7. The normalized spacial score (nSPS) is 39.1. The van der Waals surface area contributed by atoms with Crippen molar-refractivity contribution < 1.29 is 117 Å². The fourth-order valence-electron chi connectivity index (χ4n) is 17.6. The van der Waals surface area contributed by atoms with Crippen molar-refractivity contribution in [1.82, 2.24) is 9.80 Å². The first-order valence-electron chi connectivity index (χ1n) is 32.9. The highest BCUT2D eigenvalue weighted by Crippen LogP contribution is 2.67. The number of Topliss-reactive ketones (excluding diaryl/α,β-unsaturated/α-hetero) is 2. The number of carbonyl (C=O) groups is 6. The summed E-state index contributed by atoms with van der Waals surface area (Å²) in [5, 5.41) is 106. The number of ether oxygens (including phenoxy) is 10. The Kier molecular flexibility index (Phi) is 19.0. The molecule has 30 heteroatoms. The number of aliphatic hydroxyl groups is 4. The maximum Gasteiger partial charge on any atom is 0.190 e. The van der Waals surface area contributed by atoms with Crippen LogP contribution in [0.1, 0.15) is 156 Å². The molecule has 0 bridgehead atoms. The van der Waals surface area contributed by atoms with Crippen LogP contribution in [0.5, 0.6) is 23.0 Å². The first-order chi connectivity index (χ1) is 46.4. The number of nitrogens with zero attached hydrogens (tertiary/aromatic N) is 6. The summed E-state index contributed by atoms with van der Waals surface area (Å²) in [6, 6.07) is -5.45. The summed E-state index contributed by atoms with van der Waals surface area (Å²) in [6.45, 7) is 9.38. The smallest absolute Gasteiger partial charge is 0.190 e. The van der Waals surface area contributed by atoms with Crippen molar-refractivity contribution in [2.75, 3.05) is 42.4 Å². The average molecular weight is 1370 g/mol. The largest absolute Gasteiger partial charge is 0.711 e. The van der Waals surface area contributed by atoms with Crippen LogP contribution in [0.15, 0.2) is 45.7 Å². The molecule has 24 atom stereocenters. The number of benzene rings is 2. The molecule has 10 aliphatic rings. The fourth-order valence-corrected chi connectivity index (χ4v) is 17.6. The maximum atomic E-state index is 17.9. The second kappa shape index (κ2) is 26.3. The highest BCUT2D eigenvalue weighted by molar-refractivity contribution is 6.34. The summed E-state index contributed by atoms with van der Waals surface area (Å²) in [5.41, 5.74) is 10.3. The summed E-state index contributed by atoms with van der Waals surface area (Å²) >= 11 is 0. The van der Waals surface area contributed by atoms with E-state index < -0.39 is 283 Å². The zero-order chi connectivity index (χ0) is 71.1. The number of phenolic OH excluding ortho intramolecular Hbond substituents is 4. The van der Waals surface area contributed by atoms with Gasteiger partial charge in [-0.15, -0.1) is 0 Å². The van der Waals surface area contributed by atoms with E-state index in [1.54, 1.807) is 51.8 Å². The number of fused-ring (bicyclic) bond motifs is 6. The quantitative estimate of drug-likeness (QED) is 0.0816. The Labute approximate surface area is 563 Å². The number of ketones is 6. The highest BCUT2D eigenvalue weighted by atomic mass is 16.7. The minimum Gasteiger partial charge on any atom is -0.711 e. The summed E-state index contributed by atoms with van der Waals surface area (Å²) in [5.74, 6) is -15.3. The number of rotatable bonds is 17. The molecular formula is C68H82N6O24-2. The Morgan fingerprint density at radius 2 is 0.806 bits per heavy atom. The molecule has 2 aromatic rings. The lowest BCUT2D eigenvalue weighted by Crippen LogP contribution is -2.71. The lowest BCUT2D eigenvalue weighted by molar-refractivity contribution is -0.345. The Morgan fingerprint density at radius 3 is 1.09 bits per heavy atom. The van der Waals surface area contributed by atoms with Gasteiger partial charge in [-0.1, -0.05) is 13.8 Å². The van der Waals surface area contributed by atoms with Crippen LogP contribution in [-0.2, 0) is 57.0 Å². The molecule has 4 heterocycles. The van der Waals surface area contributed by atoms with Gasteiger partial charge < -0.3 is 119 Å². The van der Waals surface area contributed by atoms with Gasteiger partial charge in [0, 0.05) is 84.4 Å². The summed E-state index contributed by atoms with van der Waals surface area (Å²) in [4.78, 5) is 95.4. The first kappa shape index (κ1) is 71.0.